The van der Waals surface area contributed by atoms with Gasteiger partial charge >= 0.3 is 0 Å². The zero-order valence-electron chi connectivity index (χ0n) is 15.2. The van der Waals surface area contributed by atoms with Gasteiger partial charge in [-0.3, -0.25) is 9.69 Å². The van der Waals surface area contributed by atoms with Crippen LogP contribution in [0.5, 0.6) is 0 Å². The van der Waals surface area contributed by atoms with E-state index in [0.29, 0.717) is 0 Å². The van der Waals surface area contributed by atoms with Crippen LogP contribution in [0.4, 0.5) is 0 Å². The molecule has 132 valence electrons. The minimum atomic E-state index is 0.153. The van der Waals surface area contributed by atoms with E-state index in [1.165, 1.54) is 11.1 Å². The Balaban J connectivity index is 1.62. The van der Waals surface area contributed by atoms with Crippen molar-refractivity contribution in [2.45, 2.75) is 13.1 Å². The zero-order chi connectivity index (χ0) is 17.6. The van der Waals surface area contributed by atoms with Crippen LogP contribution >= 0.6 is 0 Å². The van der Waals surface area contributed by atoms with Crippen molar-refractivity contribution in [3.63, 3.8) is 0 Å². The number of nitrogens with zero attached hydrogens (tertiary/aromatic N) is 3. The molecule has 1 aliphatic heterocycles. The van der Waals surface area contributed by atoms with Crippen LogP contribution in [0.3, 0.4) is 0 Å². The summed E-state index contributed by atoms with van der Waals surface area (Å²) in [6.07, 6.45) is 0. The number of rotatable bonds is 5. The molecule has 1 heterocycles. The van der Waals surface area contributed by atoms with Gasteiger partial charge in [0.25, 0.3) is 5.91 Å². The van der Waals surface area contributed by atoms with Crippen LogP contribution < -0.4 is 0 Å². The number of piperazine rings is 1. The van der Waals surface area contributed by atoms with Gasteiger partial charge in [-0.2, -0.15) is 0 Å². The van der Waals surface area contributed by atoms with Crippen LogP contribution in [0.15, 0.2) is 54.6 Å². The molecule has 4 heteroatoms. The van der Waals surface area contributed by atoms with E-state index in [4.69, 9.17) is 0 Å². The average Bonchev–Trinajstić information content (AvgIpc) is 2.63. The maximum absolute atomic E-state index is 12.7. The van der Waals surface area contributed by atoms with E-state index < -0.39 is 0 Å². The lowest BCUT2D eigenvalue weighted by molar-refractivity contribution is 0.0664. The lowest BCUT2D eigenvalue weighted by Gasteiger charge is -2.32. The molecule has 3 rings (SSSR count). The summed E-state index contributed by atoms with van der Waals surface area (Å²) < 4.78 is 0. The summed E-state index contributed by atoms with van der Waals surface area (Å²) in [5.41, 5.74) is 3.28. The number of likely N-dealkylation sites (N-methyl/N-ethyl adjacent to an activating group) is 1. The second-order valence-electron chi connectivity index (χ2n) is 6.95. The number of hydrogen-bond donors (Lipinski definition) is 0. The van der Waals surface area contributed by atoms with Gasteiger partial charge in [0.1, 0.15) is 0 Å². The van der Waals surface area contributed by atoms with Gasteiger partial charge in [-0.05, 0) is 37.4 Å². The van der Waals surface area contributed by atoms with Crippen LogP contribution in [0.1, 0.15) is 21.5 Å². The SMILES string of the molecule is CN1CCN(C(=O)c2cccc(CN(C)Cc3ccccc3)c2)CC1. The Morgan fingerprint density at radius 3 is 2.28 bits per heavy atom. The number of carbonyl (C=O) groups excluding carboxylic acids is 1. The lowest BCUT2D eigenvalue weighted by atomic mass is 10.1. The molecule has 0 radical (unpaired) electrons. The molecule has 4 nitrogen and oxygen atoms in total. The Kier molecular flexibility index (Phi) is 5.84. The highest BCUT2D eigenvalue weighted by atomic mass is 16.2. The molecule has 1 fully saturated rings. The molecule has 0 atom stereocenters. The molecule has 0 saturated carbocycles. The Morgan fingerprint density at radius 2 is 1.56 bits per heavy atom. The minimum Gasteiger partial charge on any atom is -0.336 e. The maximum Gasteiger partial charge on any atom is 0.253 e. The second-order valence-corrected chi connectivity index (χ2v) is 6.95. The van der Waals surface area contributed by atoms with Crippen molar-refractivity contribution >= 4 is 5.91 Å². The van der Waals surface area contributed by atoms with E-state index in [2.05, 4.69) is 54.2 Å². The molecule has 0 aromatic heterocycles. The van der Waals surface area contributed by atoms with Gasteiger partial charge in [-0.1, -0.05) is 42.5 Å². The van der Waals surface area contributed by atoms with Gasteiger partial charge in [-0.15, -0.1) is 0 Å². The maximum atomic E-state index is 12.7. The van der Waals surface area contributed by atoms with Gasteiger partial charge < -0.3 is 9.80 Å². The van der Waals surface area contributed by atoms with Crippen molar-refractivity contribution in [1.29, 1.82) is 0 Å². The zero-order valence-corrected chi connectivity index (χ0v) is 15.2. The summed E-state index contributed by atoms with van der Waals surface area (Å²) in [7, 11) is 4.22. The van der Waals surface area contributed by atoms with E-state index in [1.54, 1.807) is 0 Å². The Hall–Kier alpha value is -2.17. The first-order chi connectivity index (χ1) is 12.1. The molecule has 25 heavy (non-hydrogen) atoms. The molecule has 0 bridgehead atoms. The quantitative estimate of drug-likeness (QED) is 0.839. The number of carbonyl (C=O) groups is 1. The Morgan fingerprint density at radius 1 is 0.920 bits per heavy atom. The minimum absolute atomic E-state index is 0.153. The smallest absolute Gasteiger partial charge is 0.253 e. The van der Waals surface area contributed by atoms with Gasteiger partial charge in [0, 0.05) is 44.8 Å². The average molecular weight is 337 g/mol. The molecule has 1 amide bonds. The monoisotopic (exact) mass is 337 g/mol. The molecule has 0 spiro atoms. The highest BCUT2D eigenvalue weighted by Crippen LogP contribution is 2.13. The van der Waals surface area contributed by atoms with Crippen LogP contribution in [-0.4, -0.2) is 60.9 Å². The number of amides is 1. The first-order valence-electron chi connectivity index (χ1n) is 8.91. The predicted molar refractivity (Wildman–Crippen MR) is 101 cm³/mol. The number of hydrogen-bond acceptors (Lipinski definition) is 3. The molecule has 1 aliphatic rings. The molecule has 2 aromatic rings. The fourth-order valence-corrected chi connectivity index (χ4v) is 3.26. The lowest BCUT2D eigenvalue weighted by Crippen LogP contribution is -2.47. The topological polar surface area (TPSA) is 26.8 Å². The fraction of sp³-hybridized carbons (Fsp3) is 0.381. The molecule has 0 unspecified atom stereocenters. The Bertz CT molecular complexity index is 693. The highest BCUT2D eigenvalue weighted by Gasteiger charge is 2.20. The molecular weight excluding hydrogens is 310 g/mol. The van der Waals surface area contributed by atoms with Crippen molar-refractivity contribution in [3.05, 3.63) is 71.3 Å². The fourth-order valence-electron chi connectivity index (χ4n) is 3.26. The van der Waals surface area contributed by atoms with Crippen LogP contribution in [0.25, 0.3) is 0 Å². The third-order valence-electron chi connectivity index (χ3n) is 4.71. The first kappa shape index (κ1) is 17.6. The Labute approximate surface area is 150 Å². The molecule has 2 aromatic carbocycles. The normalized spacial score (nSPS) is 15.6. The second kappa shape index (κ2) is 8.28. The predicted octanol–water partition coefficient (Wildman–Crippen LogP) is 2.71. The van der Waals surface area contributed by atoms with Crippen LogP contribution in [-0.2, 0) is 13.1 Å². The number of benzene rings is 2. The van der Waals surface area contributed by atoms with Crippen molar-refractivity contribution in [3.8, 4) is 0 Å². The summed E-state index contributed by atoms with van der Waals surface area (Å²) >= 11 is 0. The summed E-state index contributed by atoms with van der Waals surface area (Å²) in [6, 6.07) is 18.5. The van der Waals surface area contributed by atoms with Gasteiger partial charge in [-0.25, -0.2) is 0 Å². The van der Waals surface area contributed by atoms with Crippen molar-refractivity contribution in [1.82, 2.24) is 14.7 Å². The van der Waals surface area contributed by atoms with Crippen molar-refractivity contribution in [2.24, 2.45) is 0 Å². The van der Waals surface area contributed by atoms with Gasteiger partial charge in [0.15, 0.2) is 0 Å². The summed E-state index contributed by atoms with van der Waals surface area (Å²) in [5.74, 6) is 0.153. The van der Waals surface area contributed by atoms with E-state index in [-0.39, 0.29) is 5.91 Å². The third kappa shape index (κ3) is 4.91. The van der Waals surface area contributed by atoms with E-state index >= 15 is 0 Å². The summed E-state index contributed by atoms with van der Waals surface area (Å²) in [5, 5.41) is 0. The van der Waals surface area contributed by atoms with E-state index in [9.17, 15) is 4.79 Å². The summed E-state index contributed by atoms with van der Waals surface area (Å²) in [6.45, 7) is 5.26. The summed E-state index contributed by atoms with van der Waals surface area (Å²) in [4.78, 5) is 19.2. The van der Waals surface area contributed by atoms with Gasteiger partial charge in [0.05, 0.1) is 0 Å². The largest absolute Gasteiger partial charge is 0.336 e. The van der Waals surface area contributed by atoms with Crippen molar-refractivity contribution < 1.29 is 4.79 Å². The molecule has 0 N–H and O–H groups in total. The first-order valence-corrected chi connectivity index (χ1v) is 8.91. The molecular formula is C21H27N3O. The van der Waals surface area contributed by atoms with E-state index in [0.717, 1.165) is 44.8 Å². The van der Waals surface area contributed by atoms with Crippen LogP contribution in [0, 0.1) is 0 Å². The van der Waals surface area contributed by atoms with Gasteiger partial charge in [0.2, 0.25) is 0 Å². The van der Waals surface area contributed by atoms with E-state index in [1.807, 2.05) is 29.2 Å². The van der Waals surface area contributed by atoms with Crippen molar-refractivity contribution in [2.75, 3.05) is 40.3 Å². The molecule has 0 aliphatic carbocycles. The standard InChI is InChI=1S/C21H27N3O/c1-22-11-13-24(14-12-22)21(25)20-10-6-9-19(15-20)17-23(2)16-18-7-4-3-5-8-18/h3-10,15H,11-14,16-17H2,1-2H3. The highest BCUT2D eigenvalue weighted by molar-refractivity contribution is 5.94. The third-order valence-corrected chi connectivity index (χ3v) is 4.71. The molecule has 1 saturated heterocycles. The van der Waals surface area contributed by atoms with Crippen LogP contribution in [0.2, 0.25) is 0 Å².